The Balaban J connectivity index is 2.77. The van der Waals surface area contributed by atoms with Crippen LogP contribution in [0.25, 0.3) is 4.91 Å². The molecule has 0 aliphatic rings. The van der Waals surface area contributed by atoms with Crippen LogP contribution in [0.4, 0.5) is 0 Å². The second kappa shape index (κ2) is 7.16. The quantitative estimate of drug-likeness (QED) is 0.732. The van der Waals surface area contributed by atoms with Gasteiger partial charge in [-0.25, -0.2) is 0 Å². The van der Waals surface area contributed by atoms with E-state index < -0.39 is 0 Å². The topological polar surface area (TPSA) is 0 Å². The predicted octanol–water partition coefficient (Wildman–Crippen LogP) is 3.88. The minimum absolute atomic E-state index is 0.660. The summed E-state index contributed by atoms with van der Waals surface area (Å²) in [6, 6.07) is 10.7. The second-order valence-corrected chi connectivity index (χ2v) is 6.45. The first-order chi connectivity index (χ1) is 6.88. The van der Waals surface area contributed by atoms with Crippen molar-refractivity contribution in [1.82, 2.24) is 0 Å². The number of rotatable bonds is 5. The Hall–Kier alpha value is -0.171. The van der Waals surface area contributed by atoms with E-state index in [-0.39, 0.29) is 0 Å². The van der Waals surface area contributed by atoms with Crippen molar-refractivity contribution in [2.75, 3.05) is 5.75 Å². The second-order valence-electron chi connectivity index (χ2n) is 2.74. The maximum absolute atomic E-state index is 2.41. The van der Waals surface area contributed by atoms with E-state index in [9.17, 15) is 0 Å². The van der Waals surface area contributed by atoms with E-state index in [2.05, 4.69) is 49.2 Å². The van der Waals surface area contributed by atoms with Gasteiger partial charge in [-0.05, 0) is 0 Å². The van der Waals surface area contributed by atoms with Gasteiger partial charge in [0.2, 0.25) is 0 Å². The van der Waals surface area contributed by atoms with Crippen LogP contribution in [0.2, 0.25) is 5.32 Å². The monoisotopic (exact) mass is 272 g/mol. The van der Waals surface area contributed by atoms with Crippen molar-refractivity contribution in [1.29, 1.82) is 0 Å². The summed E-state index contributed by atoms with van der Waals surface area (Å²) in [6.45, 7) is 4.45. The van der Waals surface area contributed by atoms with E-state index in [1.807, 2.05) is 11.8 Å². The molecule has 0 saturated carbocycles. The zero-order valence-electron chi connectivity index (χ0n) is 8.69. The molecule has 14 heavy (non-hydrogen) atoms. The Kier molecular flexibility index (Phi) is 6.09. The molecule has 0 radical (unpaired) electrons. The Bertz CT molecular complexity index is 280. The van der Waals surface area contributed by atoms with Crippen LogP contribution in [-0.2, 0) is 0 Å². The van der Waals surface area contributed by atoms with Gasteiger partial charge in [-0.2, -0.15) is 0 Å². The van der Waals surface area contributed by atoms with Crippen LogP contribution >= 0.6 is 11.8 Å². The maximum atomic E-state index is 2.41. The summed E-state index contributed by atoms with van der Waals surface area (Å²) in [6.07, 6.45) is 0. The molecule has 1 rings (SSSR count). The van der Waals surface area contributed by atoms with Gasteiger partial charge in [0.1, 0.15) is 0 Å². The van der Waals surface area contributed by atoms with Gasteiger partial charge in [0.15, 0.2) is 0 Å². The fraction of sp³-hybridized carbons (Fsp3) is 0.333. The van der Waals surface area contributed by atoms with Gasteiger partial charge in [-0.15, -0.1) is 0 Å². The molecule has 0 saturated heterocycles. The molecule has 0 atom stereocenters. The summed E-state index contributed by atoms with van der Waals surface area (Å²) in [7, 11) is 0. The first-order valence-electron chi connectivity index (χ1n) is 4.88. The third kappa shape index (κ3) is 3.91. The van der Waals surface area contributed by atoms with Crippen molar-refractivity contribution in [3.63, 3.8) is 0 Å². The van der Waals surface area contributed by atoms with E-state index in [1.165, 1.54) is 15.8 Å². The standard InChI is InChI=1S/C12H16SSe/c1-3-13-12(10-14-4-2)11-8-6-5-7-9-11/h5-10H,3-4H2,1-2H3/b12-10-. The molecule has 76 valence electrons. The first kappa shape index (κ1) is 11.9. The molecule has 1 aromatic carbocycles. The van der Waals surface area contributed by atoms with E-state index in [4.69, 9.17) is 0 Å². The molecule has 0 fully saturated rings. The van der Waals surface area contributed by atoms with Gasteiger partial charge in [-0.1, -0.05) is 0 Å². The van der Waals surface area contributed by atoms with E-state index in [0.29, 0.717) is 15.0 Å². The van der Waals surface area contributed by atoms with Gasteiger partial charge in [0.25, 0.3) is 0 Å². The summed E-state index contributed by atoms with van der Waals surface area (Å²) in [4.78, 5) is 3.87. The molecule has 0 amide bonds. The molecule has 2 heteroatoms. The Morgan fingerprint density at radius 1 is 1.29 bits per heavy atom. The van der Waals surface area contributed by atoms with Crippen LogP contribution in [0.1, 0.15) is 19.4 Å². The zero-order chi connectivity index (χ0) is 10.2. The number of thioether (sulfide) groups is 1. The van der Waals surface area contributed by atoms with Gasteiger partial charge in [0, 0.05) is 0 Å². The van der Waals surface area contributed by atoms with Crippen molar-refractivity contribution < 1.29 is 0 Å². The van der Waals surface area contributed by atoms with Gasteiger partial charge < -0.3 is 0 Å². The average Bonchev–Trinajstić information content (AvgIpc) is 2.25. The van der Waals surface area contributed by atoms with Crippen molar-refractivity contribution in [2.24, 2.45) is 0 Å². The summed E-state index contributed by atoms with van der Waals surface area (Å²) >= 11 is 2.61. The third-order valence-corrected chi connectivity index (χ3v) is 4.55. The van der Waals surface area contributed by atoms with Crippen molar-refractivity contribution in [2.45, 2.75) is 19.2 Å². The first-order valence-corrected chi connectivity index (χ1v) is 8.07. The average molecular weight is 271 g/mol. The van der Waals surface area contributed by atoms with Crippen LogP contribution in [0.15, 0.2) is 35.3 Å². The van der Waals surface area contributed by atoms with E-state index >= 15 is 0 Å². The normalized spacial score (nSPS) is 11.7. The SMILES string of the molecule is CCS/C(=C\[Se]CC)c1ccccc1. The molecule has 0 spiro atoms. The molecule has 0 N–H and O–H groups in total. The van der Waals surface area contributed by atoms with E-state index in [1.54, 1.807) is 0 Å². The van der Waals surface area contributed by atoms with Gasteiger partial charge in [-0.3, -0.25) is 0 Å². The fourth-order valence-electron chi connectivity index (χ4n) is 1.10. The zero-order valence-corrected chi connectivity index (χ0v) is 11.2. The number of benzene rings is 1. The van der Waals surface area contributed by atoms with Crippen molar-refractivity contribution in [3.8, 4) is 0 Å². The van der Waals surface area contributed by atoms with Crippen molar-refractivity contribution in [3.05, 3.63) is 40.9 Å². The Labute approximate surface area is 97.3 Å². The predicted molar refractivity (Wildman–Crippen MR) is 68.8 cm³/mol. The number of hydrogen-bond acceptors (Lipinski definition) is 1. The number of hydrogen-bond donors (Lipinski definition) is 0. The molecule has 0 heterocycles. The van der Waals surface area contributed by atoms with Crippen LogP contribution in [0.5, 0.6) is 0 Å². The molecule has 0 aliphatic heterocycles. The summed E-state index contributed by atoms with van der Waals surface area (Å²) in [5.74, 6) is 1.15. The van der Waals surface area contributed by atoms with Crippen molar-refractivity contribution >= 4 is 31.6 Å². The summed E-state index contributed by atoms with van der Waals surface area (Å²) in [5.41, 5.74) is 1.37. The molecule has 0 nitrogen and oxygen atoms in total. The Morgan fingerprint density at radius 3 is 2.57 bits per heavy atom. The third-order valence-electron chi connectivity index (χ3n) is 1.72. The van der Waals surface area contributed by atoms with Gasteiger partial charge >= 0.3 is 97.4 Å². The van der Waals surface area contributed by atoms with Gasteiger partial charge in [0.05, 0.1) is 0 Å². The van der Waals surface area contributed by atoms with Crippen LogP contribution in [0.3, 0.4) is 0 Å². The van der Waals surface area contributed by atoms with Crippen LogP contribution in [0, 0.1) is 0 Å². The Morgan fingerprint density at radius 2 is 2.00 bits per heavy atom. The molecule has 0 bridgehead atoms. The molecular formula is C12H16SSe. The van der Waals surface area contributed by atoms with Crippen LogP contribution < -0.4 is 0 Å². The molecule has 0 aliphatic carbocycles. The summed E-state index contributed by atoms with van der Waals surface area (Å²) in [5, 5.41) is 1.29. The van der Waals surface area contributed by atoms with Crippen LogP contribution in [-0.4, -0.2) is 20.7 Å². The van der Waals surface area contributed by atoms with E-state index in [0.717, 1.165) is 5.75 Å². The molecule has 0 aromatic heterocycles. The fourth-order valence-corrected chi connectivity index (χ4v) is 3.52. The molecule has 1 aromatic rings. The minimum atomic E-state index is 0.660. The molecular weight excluding hydrogens is 255 g/mol. The molecule has 0 unspecified atom stereocenters. The summed E-state index contributed by atoms with van der Waals surface area (Å²) < 4.78 is 0.